The van der Waals surface area contributed by atoms with Crippen LogP contribution >= 0.6 is 0 Å². The lowest BCUT2D eigenvalue weighted by Crippen LogP contribution is -2.46. The van der Waals surface area contributed by atoms with Gasteiger partial charge < -0.3 is 10.2 Å². The molecule has 0 atom stereocenters. The third-order valence-corrected chi connectivity index (χ3v) is 4.57. The Morgan fingerprint density at radius 1 is 1.10 bits per heavy atom. The summed E-state index contributed by atoms with van der Waals surface area (Å²) >= 11 is 0. The quantitative estimate of drug-likeness (QED) is 0.879. The van der Waals surface area contributed by atoms with Gasteiger partial charge in [0.05, 0.1) is 0 Å². The molecule has 3 rings (SSSR count). The van der Waals surface area contributed by atoms with Crippen molar-refractivity contribution in [2.24, 2.45) is 0 Å². The van der Waals surface area contributed by atoms with Crippen LogP contribution in [0, 0.1) is 0 Å². The summed E-state index contributed by atoms with van der Waals surface area (Å²) in [5.41, 5.74) is 2.64. The van der Waals surface area contributed by atoms with Gasteiger partial charge in [-0.2, -0.15) is 0 Å². The summed E-state index contributed by atoms with van der Waals surface area (Å²) < 4.78 is 0. The van der Waals surface area contributed by atoms with E-state index in [0.29, 0.717) is 6.04 Å². The van der Waals surface area contributed by atoms with Gasteiger partial charge in [0, 0.05) is 19.1 Å². The van der Waals surface area contributed by atoms with Crippen LogP contribution in [0.5, 0.6) is 0 Å². The maximum absolute atomic E-state index is 12.3. The van der Waals surface area contributed by atoms with Crippen molar-refractivity contribution in [3.63, 3.8) is 0 Å². The van der Waals surface area contributed by atoms with Crippen LogP contribution < -0.4 is 5.32 Å². The zero-order valence-electron chi connectivity index (χ0n) is 12.6. The van der Waals surface area contributed by atoms with Gasteiger partial charge in [-0.05, 0) is 30.4 Å². The molecule has 21 heavy (non-hydrogen) atoms. The standard InChI is InChI=1S/C18H24N2O/c21-18(19-17-9-5-2-6-10-17)20-13-11-16(12-14-20)15-7-3-1-4-8-15/h1,3-4,7-8,11,17H,2,5-6,9-10,12-14H2,(H,19,21). The van der Waals surface area contributed by atoms with Gasteiger partial charge in [-0.3, -0.25) is 0 Å². The first-order chi connectivity index (χ1) is 10.3. The molecule has 2 aliphatic rings. The fourth-order valence-corrected chi connectivity index (χ4v) is 3.28. The highest BCUT2D eigenvalue weighted by Crippen LogP contribution is 2.22. The second-order valence-electron chi connectivity index (χ2n) is 6.08. The van der Waals surface area contributed by atoms with Crippen LogP contribution in [0.3, 0.4) is 0 Å². The van der Waals surface area contributed by atoms with Gasteiger partial charge in [-0.15, -0.1) is 0 Å². The molecular weight excluding hydrogens is 260 g/mol. The number of benzene rings is 1. The van der Waals surface area contributed by atoms with Crippen LogP contribution in [-0.4, -0.2) is 30.1 Å². The van der Waals surface area contributed by atoms with E-state index in [0.717, 1.165) is 32.4 Å². The summed E-state index contributed by atoms with van der Waals surface area (Å²) in [6.07, 6.45) is 9.25. The Hall–Kier alpha value is -1.77. The molecule has 1 N–H and O–H groups in total. The van der Waals surface area contributed by atoms with Gasteiger partial charge in [0.15, 0.2) is 0 Å². The summed E-state index contributed by atoms with van der Waals surface area (Å²) in [5.74, 6) is 0. The molecule has 3 nitrogen and oxygen atoms in total. The van der Waals surface area contributed by atoms with Crippen LogP contribution in [0.1, 0.15) is 44.1 Å². The van der Waals surface area contributed by atoms with Crippen molar-refractivity contribution in [1.29, 1.82) is 0 Å². The number of nitrogens with zero attached hydrogens (tertiary/aromatic N) is 1. The van der Waals surface area contributed by atoms with E-state index >= 15 is 0 Å². The molecule has 3 heteroatoms. The van der Waals surface area contributed by atoms with Crippen LogP contribution in [0.2, 0.25) is 0 Å². The highest BCUT2D eigenvalue weighted by Gasteiger charge is 2.21. The number of amides is 2. The molecule has 0 aromatic heterocycles. The average molecular weight is 284 g/mol. The lowest BCUT2D eigenvalue weighted by molar-refractivity contribution is 0.195. The highest BCUT2D eigenvalue weighted by atomic mass is 16.2. The van der Waals surface area contributed by atoms with Crippen molar-refractivity contribution < 1.29 is 4.79 Å². The Morgan fingerprint density at radius 2 is 1.86 bits per heavy atom. The fourth-order valence-electron chi connectivity index (χ4n) is 3.28. The molecule has 1 aromatic rings. The zero-order chi connectivity index (χ0) is 14.5. The van der Waals surface area contributed by atoms with E-state index in [9.17, 15) is 4.79 Å². The smallest absolute Gasteiger partial charge is 0.317 e. The predicted octanol–water partition coefficient (Wildman–Crippen LogP) is 3.82. The van der Waals surface area contributed by atoms with E-state index in [1.165, 1.54) is 30.4 Å². The summed E-state index contributed by atoms with van der Waals surface area (Å²) in [5, 5.41) is 3.20. The average Bonchev–Trinajstić information content (AvgIpc) is 2.57. The van der Waals surface area contributed by atoms with Gasteiger partial charge in [0.25, 0.3) is 0 Å². The molecule has 1 saturated carbocycles. The van der Waals surface area contributed by atoms with Crippen molar-refractivity contribution in [2.75, 3.05) is 13.1 Å². The van der Waals surface area contributed by atoms with E-state index in [1.54, 1.807) is 0 Å². The van der Waals surface area contributed by atoms with Crippen LogP contribution in [0.25, 0.3) is 5.57 Å². The third-order valence-electron chi connectivity index (χ3n) is 4.57. The minimum absolute atomic E-state index is 0.116. The number of carbonyl (C=O) groups excluding carboxylic acids is 1. The Balaban J connectivity index is 1.55. The molecule has 2 amide bonds. The van der Waals surface area contributed by atoms with Gasteiger partial charge in [0.1, 0.15) is 0 Å². The van der Waals surface area contributed by atoms with Crippen molar-refractivity contribution in [3.8, 4) is 0 Å². The minimum Gasteiger partial charge on any atom is -0.335 e. The molecule has 0 saturated heterocycles. The number of carbonyl (C=O) groups is 1. The SMILES string of the molecule is O=C(NC1CCCCC1)N1CC=C(c2ccccc2)CC1. The Bertz CT molecular complexity index is 503. The molecule has 0 radical (unpaired) electrons. The number of urea groups is 1. The summed E-state index contributed by atoms with van der Waals surface area (Å²) in [7, 11) is 0. The molecule has 1 aliphatic carbocycles. The molecule has 0 spiro atoms. The van der Waals surface area contributed by atoms with Crippen LogP contribution in [0.4, 0.5) is 4.79 Å². The van der Waals surface area contributed by atoms with Gasteiger partial charge >= 0.3 is 6.03 Å². The van der Waals surface area contributed by atoms with Gasteiger partial charge in [0.2, 0.25) is 0 Å². The first-order valence-electron chi connectivity index (χ1n) is 8.13. The number of rotatable bonds is 2. The highest BCUT2D eigenvalue weighted by molar-refractivity contribution is 5.77. The molecule has 1 aromatic carbocycles. The third kappa shape index (κ3) is 3.66. The van der Waals surface area contributed by atoms with Crippen molar-refractivity contribution in [1.82, 2.24) is 10.2 Å². The molecule has 1 heterocycles. The molecular formula is C18H24N2O. The summed E-state index contributed by atoms with van der Waals surface area (Å²) in [6.45, 7) is 1.54. The first kappa shape index (κ1) is 14.2. The Morgan fingerprint density at radius 3 is 2.52 bits per heavy atom. The molecule has 0 bridgehead atoms. The van der Waals surface area contributed by atoms with Crippen molar-refractivity contribution >= 4 is 11.6 Å². The number of hydrogen-bond acceptors (Lipinski definition) is 1. The van der Waals surface area contributed by atoms with Gasteiger partial charge in [-0.1, -0.05) is 55.7 Å². The Labute approximate surface area is 127 Å². The normalized spacial score (nSPS) is 20.0. The topological polar surface area (TPSA) is 32.3 Å². The Kier molecular flexibility index (Phi) is 4.59. The fraction of sp³-hybridized carbons (Fsp3) is 0.500. The second-order valence-corrected chi connectivity index (χ2v) is 6.08. The summed E-state index contributed by atoms with van der Waals surface area (Å²) in [6, 6.07) is 11.0. The van der Waals surface area contributed by atoms with Crippen LogP contribution in [-0.2, 0) is 0 Å². The van der Waals surface area contributed by atoms with E-state index in [-0.39, 0.29) is 6.03 Å². The first-order valence-corrected chi connectivity index (χ1v) is 8.13. The minimum atomic E-state index is 0.116. The van der Waals surface area contributed by atoms with E-state index in [2.05, 4.69) is 35.7 Å². The van der Waals surface area contributed by atoms with E-state index < -0.39 is 0 Å². The number of hydrogen-bond donors (Lipinski definition) is 1. The summed E-state index contributed by atoms with van der Waals surface area (Å²) in [4.78, 5) is 14.2. The second kappa shape index (κ2) is 6.79. The van der Waals surface area contributed by atoms with Crippen molar-refractivity contribution in [3.05, 3.63) is 42.0 Å². The molecule has 1 fully saturated rings. The van der Waals surface area contributed by atoms with E-state index in [1.807, 2.05) is 11.0 Å². The van der Waals surface area contributed by atoms with Gasteiger partial charge in [-0.25, -0.2) is 4.79 Å². The lowest BCUT2D eigenvalue weighted by Gasteiger charge is -2.30. The molecule has 0 unspecified atom stereocenters. The predicted molar refractivity (Wildman–Crippen MR) is 86.0 cm³/mol. The molecule has 1 aliphatic heterocycles. The maximum Gasteiger partial charge on any atom is 0.317 e. The van der Waals surface area contributed by atoms with E-state index in [4.69, 9.17) is 0 Å². The largest absolute Gasteiger partial charge is 0.335 e. The molecule has 112 valence electrons. The number of nitrogens with one attached hydrogen (secondary N) is 1. The maximum atomic E-state index is 12.3. The zero-order valence-corrected chi connectivity index (χ0v) is 12.6. The lowest BCUT2D eigenvalue weighted by atomic mass is 9.95. The van der Waals surface area contributed by atoms with Crippen molar-refractivity contribution in [2.45, 2.75) is 44.6 Å². The van der Waals surface area contributed by atoms with Crippen LogP contribution in [0.15, 0.2) is 36.4 Å². The monoisotopic (exact) mass is 284 g/mol.